The van der Waals surface area contributed by atoms with Gasteiger partial charge < -0.3 is 0 Å². The van der Waals surface area contributed by atoms with Crippen LogP contribution in [0.2, 0.25) is 5.02 Å². The number of benzene rings is 2. The molecule has 2 rings (SSSR count). The van der Waals surface area contributed by atoms with Gasteiger partial charge in [0.25, 0.3) is 0 Å². The molecule has 0 aliphatic carbocycles. The summed E-state index contributed by atoms with van der Waals surface area (Å²) in [6.07, 6.45) is 2.15. The van der Waals surface area contributed by atoms with E-state index < -0.39 is 5.82 Å². The summed E-state index contributed by atoms with van der Waals surface area (Å²) in [5, 5.41) is 0.105. The molecule has 0 radical (unpaired) electrons. The molecule has 0 saturated heterocycles. The van der Waals surface area contributed by atoms with Gasteiger partial charge in [0.05, 0.1) is 11.1 Å². The van der Waals surface area contributed by atoms with Crippen LogP contribution in [0.3, 0.4) is 0 Å². The molecular weight excluding hydrogens is 275 g/mol. The van der Waals surface area contributed by atoms with Crippen LogP contribution in [-0.4, -0.2) is 0 Å². The Labute approximate surface area is 123 Å². The van der Waals surface area contributed by atoms with Crippen molar-refractivity contribution in [1.29, 1.82) is 0 Å². The highest BCUT2D eigenvalue weighted by molar-refractivity contribution is 6.31. The number of aryl methyl sites for hydroxylation is 1. The van der Waals surface area contributed by atoms with E-state index in [1.807, 2.05) is 12.1 Å². The summed E-state index contributed by atoms with van der Waals surface area (Å²) < 4.78 is 13.6. The largest absolute Gasteiger partial charge is 0.271 e. The zero-order valence-corrected chi connectivity index (χ0v) is 12.1. The molecule has 0 heterocycles. The molecule has 0 aliphatic heterocycles. The number of hydrogen-bond donors (Lipinski definition) is 2. The van der Waals surface area contributed by atoms with Gasteiger partial charge >= 0.3 is 0 Å². The zero-order valence-electron chi connectivity index (χ0n) is 11.4. The van der Waals surface area contributed by atoms with Gasteiger partial charge in [-0.3, -0.25) is 5.84 Å². The van der Waals surface area contributed by atoms with Crippen molar-refractivity contribution in [3.05, 3.63) is 70.0 Å². The number of nitrogens with one attached hydrogen (secondary N) is 1. The Morgan fingerprint density at radius 3 is 2.50 bits per heavy atom. The molecule has 0 bridgehead atoms. The lowest BCUT2D eigenvalue weighted by atomic mass is 9.97. The van der Waals surface area contributed by atoms with E-state index in [0.29, 0.717) is 5.56 Å². The fourth-order valence-electron chi connectivity index (χ4n) is 2.27. The Morgan fingerprint density at radius 2 is 1.90 bits per heavy atom. The number of halogens is 2. The van der Waals surface area contributed by atoms with E-state index >= 15 is 0 Å². The number of nitrogens with two attached hydrogens (primary N) is 1. The normalized spacial score (nSPS) is 12.4. The average Bonchev–Trinajstić information content (AvgIpc) is 2.46. The van der Waals surface area contributed by atoms with Crippen molar-refractivity contribution in [2.24, 2.45) is 5.84 Å². The third-order valence-corrected chi connectivity index (χ3v) is 3.71. The summed E-state index contributed by atoms with van der Waals surface area (Å²) in [6.45, 7) is 2.14. The highest BCUT2D eigenvalue weighted by Crippen LogP contribution is 2.29. The highest BCUT2D eigenvalue weighted by atomic mass is 35.5. The molecule has 0 aliphatic rings. The van der Waals surface area contributed by atoms with E-state index in [4.69, 9.17) is 17.4 Å². The molecular formula is C16H18ClFN2. The van der Waals surface area contributed by atoms with E-state index in [-0.39, 0.29) is 11.1 Å². The van der Waals surface area contributed by atoms with Crippen LogP contribution in [0.1, 0.15) is 36.1 Å². The number of rotatable bonds is 5. The summed E-state index contributed by atoms with van der Waals surface area (Å²) in [6, 6.07) is 12.5. The van der Waals surface area contributed by atoms with E-state index in [0.717, 1.165) is 18.4 Å². The topological polar surface area (TPSA) is 38.0 Å². The van der Waals surface area contributed by atoms with Gasteiger partial charge in [-0.15, -0.1) is 0 Å². The van der Waals surface area contributed by atoms with Gasteiger partial charge in [0.2, 0.25) is 0 Å². The van der Waals surface area contributed by atoms with Crippen LogP contribution in [0.4, 0.5) is 4.39 Å². The maximum Gasteiger partial charge on any atom is 0.142 e. The fourth-order valence-corrected chi connectivity index (χ4v) is 2.51. The van der Waals surface area contributed by atoms with Crippen LogP contribution in [-0.2, 0) is 6.42 Å². The second-order valence-electron chi connectivity index (χ2n) is 4.73. The summed E-state index contributed by atoms with van der Waals surface area (Å²) in [5.74, 6) is 5.18. The number of hydrogen-bond acceptors (Lipinski definition) is 2. The van der Waals surface area contributed by atoms with Crippen LogP contribution in [0, 0.1) is 5.82 Å². The molecule has 0 spiro atoms. The summed E-state index contributed by atoms with van der Waals surface area (Å²) >= 11 is 6.03. The van der Waals surface area contributed by atoms with Gasteiger partial charge in [0, 0.05) is 0 Å². The van der Waals surface area contributed by atoms with Crippen molar-refractivity contribution in [3.8, 4) is 0 Å². The van der Waals surface area contributed by atoms with Gasteiger partial charge in [-0.2, -0.15) is 0 Å². The Balaban J connectivity index is 2.34. The molecule has 20 heavy (non-hydrogen) atoms. The Hall–Kier alpha value is -1.42. The Morgan fingerprint density at radius 1 is 1.20 bits per heavy atom. The maximum atomic E-state index is 13.6. The second kappa shape index (κ2) is 6.84. The predicted octanol–water partition coefficient (Wildman–Crippen LogP) is 3.98. The molecule has 2 aromatic carbocycles. The second-order valence-corrected chi connectivity index (χ2v) is 5.11. The molecule has 0 saturated carbocycles. The molecule has 0 aromatic heterocycles. The van der Waals surface area contributed by atoms with Crippen molar-refractivity contribution in [2.45, 2.75) is 25.8 Å². The van der Waals surface area contributed by atoms with Crippen molar-refractivity contribution in [2.75, 3.05) is 0 Å². The first-order valence-electron chi connectivity index (χ1n) is 6.66. The summed E-state index contributed by atoms with van der Waals surface area (Å²) in [7, 11) is 0. The molecule has 1 unspecified atom stereocenters. The van der Waals surface area contributed by atoms with E-state index in [2.05, 4.69) is 24.5 Å². The van der Waals surface area contributed by atoms with Gasteiger partial charge in [-0.05, 0) is 29.2 Å². The highest BCUT2D eigenvalue weighted by Gasteiger charge is 2.17. The monoisotopic (exact) mass is 292 g/mol. The van der Waals surface area contributed by atoms with Gasteiger partial charge in [-0.25, -0.2) is 9.82 Å². The third-order valence-electron chi connectivity index (χ3n) is 3.31. The quantitative estimate of drug-likeness (QED) is 0.646. The van der Waals surface area contributed by atoms with E-state index in [9.17, 15) is 4.39 Å². The van der Waals surface area contributed by atoms with Crippen LogP contribution >= 0.6 is 11.6 Å². The van der Waals surface area contributed by atoms with Gasteiger partial charge in [0.1, 0.15) is 5.82 Å². The Kier molecular flexibility index (Phi) is 5.12. The van der Waals surface area contributed by atoms with Crippen molar-refractivity contribution in [3.63, 3.8) is 0 Å². The fraction of sp³-hybridized carbons (Fsp3) is 0.250. The molecule has 106 valence electrons. The Bertz CT molecular complexity index is 569. The first kappa shape index (κ1) is 15.0. The lowest BCUT2D eigenvalue weighted by Gasteiger charge is -2.18. The molecule has 0 fully saturated rings. The molecule has 4 heteroatoms. The van der Waals surface area contributed by atoms with Crippen LogP contribution in [0.25, 0.3) is 0 Å². The third kappa shape index (κ3) is 3.18. The predicted molar refractivity (Wildman–Crippen MR) is 81.0 cm³/mol. The van der Waals surface area contributed by atoms with Gasteiger partial charge in [-0.1, -0.05) is 61.3 Å². The molecule has 0 amide bonds. The zero-order chi connectivity index (χ0) is 14.5. The lowest BCUT2D eigenvalue weighted by Crippen LogP contribution is -2.29. The smallest absolute Gasteiger partial charge is 0.142 e. The maximum absolute atomic E-state index is 13.6. The molecule has 2 aromatic rings. The molecule has 3 N–H and O–H groups in total. The van der Waals surface area contributed by atoms with Gasteiger partial charge in [0.15, 0.2) is 0 Å². The lowest BCUT2D eigenvalue weighted by molar-refractivity contribution is 0.605. The minimum atomic E-state index is -0.438. The summed E-state index contributed by atoms with van der Waals surface area (Å²) in [4.78, 5) is 0. The van der Waals surface area contributed by atoms with Crippen LogP contribution in [0.5, 0.6) is 0 Å². The molecule has 2 nitrogen and oxygen atoms in total. The van der Waals surface area contributed by atoms with Crippen molar-refractivity contribution >= 4 is 11.6 Å². The number of hydrazine groups is 1. The minimum absolute atomic E-state index is 0.105. The van der Waals surface area contributed by atoms with Crippen molar-refractivity contribution in [1.82, 2.24) is 5.43 Å². The first-order chi connectivity index (χ1) is 9.67. The SMILES string of the molecule is CCCc1ccc(C(NN)c2cccc(F)c2Cl)cc1. The molecule has 1 atom stereocenters. The van der Waals surface area contributed by atoms with E-state index in [1.165, 1.54) is 11.6 Å². The van der Waals surface area contributed by atoms with Crippen molar-refractivity contribution < 1.29 is 4.39 Å². The average molecular weight is 293 g/mol. The van der Waals surface area contributed by atoms with Crippen LogP contribution < -0.4 is 11.3 Å². The standard InChI is InChI=1S/C16H18ClFN2/c1-2-4-11-7-9-12(10-8-11)16(20-19)13-5-3-6-14(18)15(13)17/h3,5-10,16,20H,2,4,19H2,1H3. The minimum Gasteiger partial charge on any atom is -0.271 e. The summed E-state index contributed by atoms with van der Waals surface area (Å²) in [5.41, 5.74) is 5.57. The first-order valence-corrected chi connectivity index (χ1v) is 7.04. The van der Waals surface area contributed by atoms with Crippen LogP contribution in [0.15, 0.2) is 42.5 Å². The van der Waals surface area contributed by atoms with E-state index in [1.54, 1.807) is 12.1 Å².